The van der Waals surface area contributed by atoms with E-state index in [1.807, 2.05) is 80.6 Å². The molecule has 0 aliphatic carbocycles. The first-order valence-electron chi connectivity index (χ1n) is 13.9. The summed E-state index contributed by atoms with van der Waals surface area (Å²) in [6.07, 6.45) is 0. The Morgan fingerprint density at radius 2 is 1.40 bits per heavy atom. The minimum Gasteiger partial charge on any atom is -0.494 e. The molecule has 42 heavy (non-hydrogen) atoms. The lowest BCUT2D eigenvalue weighted by Crippen LogP contribution is -2.56. The molecule has 2 atom stereocenters. The van der Waals surface area contributed by atoms with Crippen molar-refractivity contribution in [2.24, 2.45) is 10.7 Å². The minimum atomic E-state index is -0.499. The van der Waals surface area contributed by atoms with Crippen LogP contribution in [0.25, 0.3) is 0 Å². The van der Waals surface area contributed by atoms with Crippen LogP contribution in [0.1, 0.15) is 42.6 Å². The van der Waals surface area contributed by atoms with Crippen LogP contribution in [0.15, 0.2) is 71.7 Å². The predicted octanol–water partition coefficient (Wildman–Crippen LogP) is 6.15. The number of carbonyl (C=O) groups is 2. The first-order valence-corrected chi connectivity index (χ1v) is 14.7. The monoisotopic (exact) mass is 609 g/mol. The van der Waals surface area contributed by atoms with Gasteiger partial charge in [-0.2, -0.15) is 0 Å². The van der Waals surface area contributed by atoms with E-state index in [1.54, 1.807) is 9.80 Å². The number of urea groups is 2. The van der Waals surface area contributed by atoms with Crippen molar-refractivity contribution in [3.05, 3.63) is 93.5 Å². The van der Waals surface area contributed by atoms with E-state index < -0.39 is 18.1 Å². The molecule has 0 spiro atoms. The molecule has 1 saturated heterocycles. The third-order valence-electron chi connectivity index (χ3n) is 7.36. The highest BCUT2D eigenvalue weighted by Gasteiger charge is 2.45. The molecule has 2 aliphatic heterocycles. The third-order valence-corrected chi connectivity index (χ3v) is 7.87. The Balaban J connectivity index is 1.65. The number of nitrogens with two attached hydrogens (primary N) is 1. The summed E-state index contributed by atoms with van der Waals surface area (Å²) in [5.41, 5.74) is 7.93. The molecule has 3 aromatic rings. The van der Waals surface area contributed by atoms with Crippen LogP contribution in [-0.4, -0.2) is 72.0 Å². The van der Waals surface area contributed by atoms with E-state index in [9.17, 15) is 9.59 Å². The molecule has 2 aliphatic rings. The van der Waals surface area contributed by atoms with Crippen LogP contribution in [0.4, 0.5) is 9.59 Å². The maximum atomic E-state index is 14.5. The Hall–Kier alpha value is -3.95. The fourth-order valence-electron chi connectivity index (χ4n) is 5.34. The van der Waals surface area contributed by atoms with E-state index in [2.05, 4.69) is 0 Å². The summed E-state index contributed by atoms with van der Waals surface area (Å²) in [7, 11) is 0. The minimum absolute atomic E-state index is 0.231. The maximum absolute atomic E-state index is 14.5. The first-order chi connectivity index (χ1) is 20.3. The Morgan fingerprint density at radius 1 is 0.833 bits per heavy atom. The molecule has 0 aromatic heterocycles. The number of ether oxygens (including phenoxy) is 2. The van der Waals surface area contributed by atoms with Crippen molar-refractivity contribution in [3.8, 4) is 11.5 Å². The smallest absolute Gasteiger partial charge is 0.326 e. The van der Waals surface area contributed by atoms with Gasteiger partial charge in [-0.1, -0.05) is 47.5 Å². The predicted molar refractivity (Wildman–Crippen MR) is 164 cm³/mol. The summed E-state index contributed by atoms with van der Waals surface area (Å²) in [5, 5.41) is 1.20. The standard InChI is InChI=1S/C31H33Cl2N5O4/c1-3-41-24-13-14-25(26(19-24)42-4-2)29-35-27(20-5-9-22(32)10-6-20)28(21-7-11-23(33)12-8-21)38(29)31(40)37-17-15-36(16-18-37)30(34)39/h5-14,19,27-28H,3-4,15-18H2,1-2H3,(H2,34,39). The molecule has 2 N–H and O–H groups in total. The van der Waals surface area contributed by atoms with Crippen LogP contribution < -0.4 is 15.2 Å². The van der Waals surface area contributed by atoms with Gasteiger partial charge < -0.3 is 25.0 Å². The number of halogens is 2. The highest BCUT2D eigenvalue weighted by Crippen LogP contribution is 2.45. The normalized spacial score (nSPS) is 18.6. The number of primary amides is 1. The molecular formula is C31H33Cl2N5O4. The Morgan fingerprint density at radius 3 is 1.98 bits per heavy atom. The van der Waals surface area contributed by atoms with Crippen LogP contribution in [0.5, 0.6) is 11.5 Å². The average molecular weight is 611 g/mol. The van der Waals surface area contributed by atoms with E-state index in [0.717, 1.165) is 11.1 Å². The van der Waals surface area contributed by atoms with Gasteiger partial charge in [0.05, 0.1) is 24.8 Å². The van der Waals surface area contributed by atoms with E-state index in [-0.39, 0.29) is 6.03 Å². The number of hydrogen-bond donors (Lipinski definition) is 1. The van der Waals surface area contributed by atoms with Crippen molar-refractivity contribution < 1.29 is 19.1 Å². The first kappa shape index (κ1) is 29.5. The number of piperazine rings is 1. The number of benzene rings is 3. The van der Waals surface area contributed by atoms with E-state index in [1.165, 1.54) is 4.90 Å². The van der Waals surface area contributed by atoms with Gasteiger partial charge in [-0.05, 0) is 61.4 Å². The molecular weight excluding hydrogens is 577 g/mol. The van der Waals surface area contributed by atoms with Crippen molar-refractivity contribution in [3.63, 3.8) is 0 Å². The lowest BCUT2D eigenvalue weighted by Gasteiger charge is -2.38. The van der Waals surface area contributed by atoms with Crippen LogP contribution in [0, 0.1) is 0 Å². The highest BCUT2D eigenvalue weighted by molar-refractivity contribution is 6.30. The molecule has 3 aromatic carbocycles. The van der Waals surface area contributed by atoms with Gasteiger partial charge >= 0.3 is 12.1 Å². The van der Waals surface area contributed by atoms with Gasteiger partial charge in [-0.3, -0.25) is 9.89 Å². The van der Waals surface area contributed by atoms with Gasteiger partial charge in [0.1, 0.15) is 23.4 Å². The molecule has 220 valence electrons. The van der Waals surface area contributed by atoms with Gasteiger partial charge in [0.2, 0.25) is 0 Å². The molecule has 4 amide bonds. The highest BCUT2D eigenvalue weighted by atomic mass is 35.5. The zero-order valence-electron chi connectivity index (χ0n) is 23.5. The SMILES string of the molecule is CCOc1ccc(C2=NC(c3ccc(Cl)cc3)C(c3ccc(Cl)cc3)N2C(=O)N2CCN(C(N)=O)CC2)c(OCC)c1. The maximum Gasteiger partial charge on any atom is 0.326 e. The molecule has 5 rings (SSSR count). The Kier molecular flexibility index (Phi) is 9.09. The van der Waals surface area contributed by atoms with Crippen molar-refractivity contribution in [2.45, 2.75) is 25.9 Å². The van der Waals surface area contributed by atoms with E-state index >= 15 is 0 Å². The van der Waals surface area contributed by atoms with Crippen molar-refractivity contribution in [1.82, 2.24) is 14.7 Å². The van der Waals surface area contributed by atoms with Gasteiger partial charge in [-0.25, -0.2) is 9.59 Å². The second-order valence-corrected chi connectivity index (χ2v) is 10.8. The molecule has 9 nitrogen and oxygen atoms in total. The molecule has 11 heteroatoms. The van der Waals surface area contributed by atoms with E-state index in [4.69, 9.17) is 43.4 Å². The second kappa shape index (κ2) is 12.9. The number of carbonyl (C=O) groups excluding carboxylic acids is 2. The molecule has 0 radical (unpaired) electrons. The number of rotatable bonds is 7. The number of hydrogen-bond acceptors (Lipinski definition) is 5. The van der Waals surface area contributed by atoms with Crippen LogP contribution >= 0.6 is 23.2 Å². The summed E-state index contributed by atoms with van der Waals surface area (Å²) >= 11 is 12.5. The summed E-state index contributed by atoms with van der Waals surface area (Å²) in [5.74, 6) is 1.70. The fraction of sp³-hybridized carbons (Fsp3) is 0.323. The quantitative estimate of drug-likeness (QED) is 0.347. The lowest BCUT2D eigenvalue weighted by atomic mass is 9.93. The summed E-state index contributed by atoms with van der Waals surface area (Å²) in [6.45, 7) is 6.12. The van der Waals surface area contributed by atoms with Crippen LogP contribution in [-0.2, 0) is 0 Å². The van der Waals surface area contributed by atoms with Gasteiger partial charge in [-0.15, -0.1) is 0 Å². The topological polar surface area (TPSA) is 101 Å². The van der Waals surface area contributed by atoms with Crippen LogP contribution in [0.3, 0.4) is 0 Å². The van der Waals surface area contributed by atoms with Crippen molar-refractivity contribution in [1.29, 1.82) is 0 Å². The summed E-state index contributed by atoms with van der Waals surface area (Å²) < 4.78 is 11.8. The largest absolute Gasteiger partial charge is 0.494 e. The molecule has 0 saturated carbocycles. The number of amides is 4. The molecule has 1 fully saturated rings. The summed E-state index contributed by atoms with van der Waals surface area (Å²) in [4.78, 5) is 36.5. The fourth-order valence-corrected chi connectivity index (χ4v) is 5.60. The van der Waals surface area contributed by atoms with Crippen LogP contribution in [0.2, 0.25) is 10.0 Å². The zero-order chi connectivity index (χ0) is 29.8. The lowest BCUT2D eigenvalue weighted by molar-refractivity contribution is 0.128. The summed E-state index contributed by atoms with van der Waals surface area (Å²) in [6, 6.07) is 18.8. The van der Waals surface area contributed by atoms with Gasteiger partial charge in [0.15, 0.2) is 0 Å². The van der Waals surface area contributed by atoms with Gasteiger partial charge in [0, 0.05) is 42.3 Å². The molecule has 0 bridgehead atoms. The number of amidine groups is 1. The second-order valence-electron chi connectivity index (χ2n) is 9.93. The van der Waals surface area contributed by atoms with E-state index in [0.29, 0.717) is 72.3 Å². The van der Waals surface area contributed by atoms with Crippen molar-refractivity contribution in [2.75, 3.05) is 39.4 Å². The van der Waals surface area contributed by atoms with Gasteiger partial charge in [0.25, 0.3) is 0 Å². The Labute approximate surface area is 255 Å². The molecule has 2 unspecified atom stereocenters. The number of aliphatic imine (C=N–C) groups is 1. The third kappa shape index (κ3) is 6.12. The average Bonchev–Trinajstić information content (AvgIpc) is 3.38. The molecule has 2 heterocycles. The zero-order valence-corrected chi connectivity index (χ0v) is 25.0. The van der Waals surface area contributed by atoms with Crippen molar-refractivity contribution >= 4 is 41.1 Å². The Bertz CT molecular complexity index is 1460. The number of nitrogens with zero attached hydrogens (tertiary/aromatic N) is 4.